The Bertz CT molecular complexity index is 606. The van der Waals surface area contributed by atoms with E-state index >= 15 is 0 Å². The second-order valence-corrected chi connectivity index (χ2v) is 4.74. The number of likely N-dealkylation sites (N-methyl/N-ethyl adjacent to an activating group) is 1. The van der Waals surface area contributed by atoms with E-state index in [0.717, 1.165) is 12.2 Å². The summed E-state index contributed by atoms with van der Waals surface area (Å²) in [6, 6.07) is 5.33. The molecule has 1 unspecified atom stereocenters. The van der Waals surface area contributed by atoms with Gasteiger partial charge in [0, 0.05) is 13.1 Å². The molecule has 5 nitrogen and oxygen atoms in total. The Morgan fingerprint density at radius 3 is 2.79 bits per heavy atom. The maximum atomic E-state index is 11.0. The number of hydrogen-bond acceptors (Lipinski definition) is 5. The molecule has 0 fully saturated rings. The van der Waals surface area contributed by atoms with E-state index in [1.165, 1.54) is 7.11 Å². The summed E-state index contributed by atoms with van der Waals surface area (Å²) in [7, 11) is 5.44. The fraction of sp³-hybridized carbons (Fsp3) is 0.429. The number of ether oxygens (including phenoxy) is 1. The molecule has 0 spiro atoms. The van der Waals surface area contributed by atoms with Crippen molar-refractivity contribution in [3.05, 3.63) is 28.6 Å². The van der Waals surface area contributed by atoms with Crippen LogP contribution in [-0.4, -0.2) is 56.5 Å². The van der Waals surface area contributed by atoms with Gasteiger partial charge in [-0.3, -0.25) is 0 Å². The Balaban J connectivity index is 2.53. The maximum absolute atomic E-state index is 11.0. The molecular formula is C14H18N2O3. The molecule has 0 radical (unpaired) electrons. The van der Waals surface area contributed by atoms with Gasteiger partial charge in [0.25, 0.3) is 0 Å². The van der Waals surface area contributed by atoms with Crippen molar-refractivity contribution in [3.8, 4) is 0 Å². The minimum Gasteiger partial charge on any atom is -0.496 e. The molecule has 1 heterocycles. The van der Waals surface area contributed by atoms with Crippen molar-refractivity contribution < 1.29 is 14.6 Å². The molecular weight excluding hydrogens is 244 g/mol. The third-order valence-electron chi connectivity index (χ3n) is 3.25. The summed E-state index contributed by atoms with van der Waals surface area (Å²) < 4.78 is 5.26. The molecule has 2 rings (SSSR count). The number of benzene rings is 1. The largest absolute Gasteiger partial charge is 0.496 e. The number of aliphatic hydroxyl groups excluding tert-OH is 1. The second kappa shape index (κ2) is 5.45. The summed E-state index contributed by atoms with van der Waals surface area (Å²) in [4.78, 5) is 14.9. The molecule has 1 aromatic carbocycles. The zero-order valence-corrected chi connectivity index (χ0v) is 11.4. The number of anilines is 1. The Kier molecular flexibility index (Phi) is 3.90. The summed E-state index contributed by atoms with van der Waals surface area (Å²) >= 11 is 0. The zero-order chi connectivity index (χ0) is 14.0. The monoisotopic (exact) mass is 262 g/mol. The first-order valence-electron chi connectivity index (χ1n) is 6.12. The Labute approximate surface area is 112 Å². The van der Waals surface area contributed by atoms with Crippen molar-refractivity contribution >= 4 is 17.4 Å². The van der Waals surface area contributed by atoms with E-state index in [0.29, 0.717) is 22.7 Å². The van der Waals surface area contributed by atoms with Crippen molar-refractivity contribution in [3.63, 3.8) is 0 Å². The molecule has 0 saturated heterocycles. The first kappa shape index (κ1) is 13.6. The van der Waals surface area contributed by atoms with Gasteiger partial charge in [-0.25, -0.2) is 4.79 Å². The van der Waals surface area contributed by atoms with Crippen LogP contribution >= 0.6 is 0 Å². The number of nitrogens with zero attached hydrogens (tertiary/aromatic N) is 2. The SMILES string of the molecule is COC1=c2c(cccc2=C=O)N(CCN(C)C)C1O. The third-order valence-corrected chi connectivity index (χ3v) is 3.25. The molecule has 19 heavy (non-hydrogen) atoms. The van der Waals surface area contributed by atoms with E-state index in [4.69, 9.17) is 4.74 Å². The fourth-order valence-electron chi connectivity index (χ4n) is 2.28. The summed E-state index contributed by atoms with van der Waals surface area (Å²) in [5.74, 6) is 2.31. The number of aliphatic hydroxyl groups is 1. The highest BCUT2D eigenvalue weighted by Crippen LogP contribution is 2.22. The van der Waals surface area contributed by atoms with Crippen LogP contribution < -0.4 is 15.3 Å². The number of carbonyl (C=O) groups excluding carboxylic acids is 1. The van der Waals surface area contributed by atoms with Crippen LogP contribution in [0.4, 0.5) is 5.69 Å². The summed E-state index contributed by atoms with van der Waals surface area (Å²) in [5.41, 5.74) is 0.812. The Hall–Kier alpha value is -1.81. The highest BCUT2D eigenvalue weighted by atomic mass is 16.5. The number of rotatable bonds is 4. The van der Waals surface area contributed by atoms with E-state index in [9.17, 15) is 9.90 Å². The lowest BCUT2D eigenvalue weighted by Crippen LogP contribution is -2.38. The van der Waals surface area contributed by atoms with Crippen LogP contribution in [0, 0.1) is 0 Å². The van der Waals surface area contributed by atoms with Gasteiger partial charge in [-0.05, 0) is 26.2 Å². The molecule has 0 saturated carbocycles. The van der Waals surface area contributed by atoms with Crippen molar-refractivity contribution in [2.75, 3.05) is 39.2 Å². The topological polar surface area (TPSA) is 53.0 Å². The van der Waals surface area contributed by atoms with E-state index in [2.05, 4.69) is 0 Å². The minimum absolute atomic E-state index is 0.410. The lowest BCUT2D eigenvalue weighted by molar-refractivity contribution is 0.176. The van der Waals surface area contributed by atoms with Crippen LogP contribution in [0.25, 0.3) is 5.76 Å². The number of hydrogen-bond donors (Lipinski definition) is 1. The Morgan fingerprint density at radius 1 is 1.47 bits per heavy atom. The van der Waals surface area contributed by atoms with Crippen LogP contribution in [0.1, 0.15) is 0 Å². The van der Waals surface area contributed by atoms with Crippen LogP contribution in [0.2, 0.25) is 0 Å². The minimum atomic E-state index is -0.852. The molecule has 5 heteroatoms. The highest BCUT2D eigenvalue weighted by Gasteiger charge is 2.30. The number of fused-ring (bicyclic) bond motifs is 1. The van der Waals surface area contributed by atoms with Gasteiger partial charge in [0.05, 0.1) is 23.2 Å². The summed E-state index contributed by atoms with van der Waals surface area (Å²) in [6.45, 7) is 1.44. The standard InChI is InChI=1S/C14H18N2O3/c1-15(2)7-8-16-11-6-4-5-10(9-17)12(11)13(19-3)14(16)18/h4-6,14,18H,7-8H2,1-3H3. The lowest BCUT2D eigenvalue weighted by atomic mass is 10.2. The molecule has 1 atom stereocenters. The molecule has 0 amide bonds. The van der Waals surface area contributed by atoms with Crippen LogP contribution in [0.3, 0.4) is 0 Å². The lowest BCUT2D eigenvalue weighted by Gasteiger charge is -2.26. The van der Waals surface area contributed by atoms with Gasteiger partial charge >= 0.3 is 0 Å². The fourth-order valence-corrected chi connectivity index (χ4v) is 2.28. The molecule has 0 bridgehead atoms. The smallest absolute Gasteiger partial charge is 0.186 e. The molecule has 0 aromatic heterocycles. The highest BCUT2D eigenvalue weighted by molar-refractivity contribution is 5.69. The van der Waals surface area contributed by atoms with Crippen LogP contribution in [0.15, 0.2) is 18.2 Å². The molecule has 1 aromatic rings. The van der Waals surface area contributed by atoms with E-state index in [1.54, 1.807) is 12.1 Å². The van der Waals surface area contributed by atoms with Crippen LogP contribution in [0.5, 0.6) is 0 Å². The number of methoxy groups -OCH3 is 1. The van der Waals surface area contributed by atoms with Gasteiger partial charge < -0.3 is 19.6 Å². The normalized spacial score (nSPS) is 17.6. The van der Waals surface area contributed by atoms with E-state index < -0.39 is 6.23 Å². The average Bonchev–Trinajstić information content (AvgIpc) is 2.67. The van der Waals surface area contributed by atoms with Crippen molar-refractivity contribution in [1.29, 1.82) is 0 Å². The first-order chi connectivity index (χ1) is 9.10. The summed E-state index contributed by atoms with van der Waals surface area (Å²) in [5, 5.41) is 11.4. The predicted molar refractivity (Wildman–Crippen MR) is 72.8 cm³/mol. The quantitative estimate of drug-likeness (QED) is 0.727. The maximum Gasteiger partial charge on any atom is 0.186 e. The van der Waals surface area contributed by atoms with E-state index in [-0.39, 0.29) is 0 Å². The zero-order valence-electron chi connectivity index (χ0n) is 11.4. The van der Waals surface area contributed by atoms with Crippen molar-refractivity contribution in [1.82, 2.24) is 4.90 Å². The average molecular weight is 262 g/mol. The van der Waals surface area contributed by atoms with Gasteiger partial charge in [0.15, 0.2) is 12.0 Å². The summed E-state index contributed by atoms with van der Waals surface area (Å²) in [6.07, 6.45) is -0.852. The molecule has 1 aliphatic rings. The van der Waals surface area contributed by atoms with Crippen molar-refractivity contribution in [2.45, 2.75) is 6.23 Å². The predicted octanol–water partition coefficient (Wildman–Crippen LogP) is -1.36. The van der Waals surface area contributed by atoms with Gasteiger partial charge in [-0.1, -0.05) is 6.07 Å². The molecule has 1 aliphatic heterocycles. The van der Waals surface area contributed by atoms with Gasteiger partial charge in [-0.2, -0.15) is 0 Å². The molecule has 1 N–H and O–H groups in total. The van der Waals surface area contributed by atoms with Gasteiger partial charge in [0.1, 0.15) is 5.94 Å². The van der Waals surface area contributed by atoms with Gasteiger partial charge in [-0.15, -0.1) is 0 Å². The van der Waals surface area contributed by atoms with Gasteiger partial charge in [0.2, 0.25) is 0 Å². The third kappa shape index (κ3) is 2.36. The van der Waals surface area contributed by atoms with Crippen molar-refractivity contribution in [2.24, 2.45) is 0 Å². The Morgan fingerprint density at radius 2 is 2.21 bits per heavy atom. The first-order valence-corrected chi connectivity index (χ1v) is 6.12. The molecule has 0 aliphatic carbocycles. The second-order valence-electron chi connectivity index (χ2n) is 4.74. The van der Waals surface area contributed by atoms with Crippen LogP contribution in [-0.2, 0) is 9.53 Å². The van der Waals surface area contributed by atoms with E-state index in [1.807, 2.05) is 35.9 Å². The molecule has 102 valence electrons.